The summed E-state index contributed by atoms with van der Waals surface area (Å²) in [5, 5.41) is 49.9. The number of phenolic OH excluding ortho intramolecular Hbond substituents is 2. The highest BCUT2D eigenvalue weighted by atomic mass is 19.2. The molecule has 0 amide bonds. The lowest BCUT2D eigenvalue weighted by atomic mass is 10.1. The molecule has 0 spiro atoms. The molecule has 0 atom stereocenters. The van der Waals surface area contributed by atoms with Gasteiger partial charge in [0.2, 0.25) is 0 Å². The molecule has 0 heterocycles. The number of unbranched alkanes of at least 4 members (excludes halogenated alkanes) is 4. The summed E-state index contributed by atoms with van der Waals surface area (Å²) < 4.78 is 235. The number of carboxylic acid groups (broad SMARTS) is 3. The Kier molecular flexibility index (Phi) is 40.2. The summed E-state index contributed by atoms with van der Waals surface area (Å²) in [6.07, 6.45) is 3.69. The van der Waals surface area contributed by atoms with Crippen LogP contribution in [-0.4, -0.2) is 91.2 Å². The van der Waals surface area contributed by atoms with E-state index in [4.69, 9.17) is 58.3 Å². The fraction of sp³-hybridized carbons (Fsp3) is 0.133. The van der Waals surface area contributed by atoms with Gasteiger partial charge in [0.15, 0.2) is 87.3 Å². The Labute approximate surface area is 806 Å². The van der Waals surface area contributed by atoms with Crippen LogP contribution in [0.5, 0.6) is 57.5 Å². The smallest absolute Gasteiger partial charge is 0.343 e. The molecule has 0 bridgehead atoms. The predicted octanol–water partition coefficient (Wildman–Crippen LogP) is 25.0. The standard InChI is InChI=1S/C41H26F6O8.C19H11F3O4.C17H9F3O3.C13H10O4.C7H12O4.C6H3F3O.2CH4/c42-32-18-30(19-33(43)38(32)46)54-40(50)26-8-6-24-16-28(12-10-22(24)14-26)52-36(48)4-2-1-3-5-37(49)53-29-13-11-23-15-27(9-7-25(23)17-29)41(51)55-31-20-34(44)39(47)35(45)21-31;1-10(23)25-14-5-4-11-6-13(3-2-12(11)7-14)19(24)26-15-8-16(20)18(22)17(21)9-15;18-14-7-13(8-15(19)16(14)20)23-17(22)11-2-1-10-6-12(21)4-3-9(10)5-11;1-8(14)17-12-5-4-9-6-11(13(15)16)3-2-10(9)7-12;8-6(9)4-2-1-3-5-7(10)11;7-4-1-3(10)2-5(8)6(4)9;;/h6-21H,1-5H2;2-9H,1H3;1-8,21H;2-7H,1H3,(H,15,16);1-5H2,(H,8,9)(H,10,11);1-2,10H;2*1H4. The highest BCUT2D eigenvalue weighted by molar-refractivity contribution is 6.01. The Morgan fingerprint density at radius 1 is 0.215 bits per heavy atom. The van der Waals surface area contributed by atoms with Gasteiger partial charge in [0, 0.05) is 100 Å². The van der Waals surface area contributed by atoms with Crippen LogP contribution in [0.15, 0.2) is 243 Å². The first-order valence-corrected chi connectivity index (χ1v) is 41.5. The van der Waals surface area contributed by atoms with E-state index >= 15 is 0 Å². The molecule has 0 aliphatic heterocycles. The van der Waals surface area contributed by atoms with Crippen LogP contribution in [0.4, 0.5) is 65.9 Å². The van der Waals surface area contributed by atoms with Crippen molar-refractivity contribution in [3.63, 3.8) is 0 Å². The van der Waals surface area contributed by atoms with Gasteiger partial charge >= 0.3 is 65.7 Å². The molecule has 0 aliphatic rings. The molecule has 0 aliphatic carbocycles. The summed E-state index contributed by atoms with van der Waals surface area (Å²) in [5.41, 5.74) is 0.631. The summed E-state index contributed by atoms with van der Waals surface area (Å²) in [6.45, 7) is 2.61. The van der Waals surface area contributed by atoms with E-state index in [2.05, 4.69) is 0 Å². The molecular weight excluding hydrogens is 1930 g/mol. The van der Waals surface area contributed by atoms with Gasteiger partial charge in [-0.05, 0) is 201 Å². The minimum absolute atomic E-state index is 0. The third-order valence-electron chi connectivity index (χ3n) is 19.4. The topological polar surface area (TPSA) is 363 Å². The predicted molar refractivity (Wildman–Crippen MR) is 490 cm³/mol. The molecule has 144 heavy (non-hydrogen) atoms. The number of aromatic carboxylic acids is 1. The Hall–Kier alpha value is -17.7. The highest BCUT2D eigenvalue weighted by Crippen LogP contribution is 2.33. The molecule has 39 heteroatoms. The van der Waals surface area contributed by atoms with Crippen LogP contribution in [0.3, 0.4) is 0 Å². The quantitative estimate of drug-likeness (QED) is 0.0117. The van der Waals surface area contributed by atoms with Gasteiger partial charge in [0.05, 0.1) is 27.8 Å². The lowest BCUT2D eigenvalue weighted by Gasteiger charge is -2.09. The lowest BCUT2D eigenvalue weighted by molar-refractivity contribution is -0.137. The maximum absolute atomic E-state index is 13.5. The number of carbonyl (C=O) groups is 11. The number of esters is 8. The van der Waals surface area contributed by atoms with Crippen molar-refractivity contribution < 1.29 is 182 Å². The van der Waals surface area contributed by atoms with Crippen molar-refractivity contribution in [1.82, 2.24) is 0 Å². The molecule has 24 nitrogen and oxygen atoms in total. The number of rotatable bonds is 25. The number of hydrogen-bond donors (Lipinski definition) is 5. The van der Waals surface area contributed by atoms with Crippen molar-refractivity contribution in [3.8, 4) is 57.5 Å². The first-order valence-electron chi connectivity index (χ1n) is 41.5. The van der Waals surface area contributed by atoms with Gasteiger partial charge in [-0.2, -0.15) is 0 Å². The zero-order valence-electron chi connectivity index (χ0n) is 73.3. The molecule has 5 N–H and O–H groups in total. The van der Waals surface area contributed by atoms with E-state index in [0.29, 0.717) is 154 Å². The summed E-state index contributed by atoms with van der Waals surface area (Å²) >= 11 is 0. The first-order chi connectivity index (χ1) is 67.4. The Morgan fingerprint density at radius 2 is 0.424 bits per heavy atom. The summed E-state index contributed by atoms with van der Waals surface area (Å²) in [7, 11) is 0. The molecular formula is C105H79F15O24. The number of carbonyl (C=O) groups excluding carboxylic acids is 8. The minimum Gasteiger partial charge on any atom is -0.508 e. The van der Waals surface area contributed by atoms with Gasteiger partial charge in [-0.3, -0.25) is 28.8 Å². The SMILES string of the molecule is C.C.CC(=O)Oc1ccc2cc(C(=O)O)ccc2c1.CC(=O)Oc1ccc2cc(C(=O)Oc3cc(F)c(F)c(F)c3)ccc2c1.O=C(CCCCCC(=O)Oc1ccc2cc(C(=O)Oc3cc(F)c(F)c(F)c3)ccc2c1)Oc1ccc2cc(C(=O)Oc3cc(F)c(F)c(F)c3)ccc2c1.O=C(O)CCCCCC(=O)O.O=C(Oc1cc(F)c(F)c(F)c1)c1ccc2cc(O)ccc2c1.Oc1cc(F)c(F)c(F)c1. The molecule has 0 saturated carbocycles. The van der Waals surface area contributed by atoms with E-state index < -0.39 is 176 Å². The maximum Gasteiger partial charge on any atom is 0.343 e. The van der Waals surface area contributed by atoms with Crippen molar-refractivity contribution >= 4 is 120 Å². The maximum atomic E-state index is 13.5. The number of fused-ring (bicyclic) bond motifs is 5. The molecule has 748 valence electrons. The van der Waals surface area contributed by atoms with E-state index in [1.165, 1.54) is 92.7 Å². The molecule has 15 aromatic carbocycles. The normalized spacial score (nSPS) is 10.5. The number of aliphatic carboxylic acids is 2. The van der Waals surface area contributed by atoms with Crippen molar-refractivity contribution in [2.45, 2.75) is 92.9 Å². The second-order valence-electron chi connectivity index (χ2n) is 30.1. The number of phenols is 2. The van der Waals surface area contributed by atoms with Crippen molar-refractivity contribution in [1.29, 1.82) is 0 Å². The van der Waals surface area contributed by atoms with E-state index in [1.54, 1.807) is 103 Å². The first kappa shape index (κ1) is 112. The Balaban J connectivity index is 0.000000237. The molecule has 0 radical (unpaired) electrons. The fourth-order valence-electron chi connectivity index (χ4n) is 12.7. The van der Waals surface area contributed by atoms with Crippen LogP contribution in [0.25, 0.3) is 53.9 Å². The van der Waals surface area contributed by atoms with E-state index in [1.807, 2.05) is 0 Å². The number of benzene rings is 15. The summed E-state index contributed by atoms with van der Waals surface area (Å²) in [6, 6.07) is 52.2. The van der Waals surface area contributed by atoms with Gasteiger partial charge < -0.3 is 63.4 Å². The number of halogens is 15. The third kappa shape index (κ3) is 32.7. The summed E-state index contributed by atoms with van der Waals surface area (Å²) in [4.78, 5) is 127. The second kappa shape index (κ2) is 51.8. The third-order valence-corrected chi connectivity index (χ3v) is 19.4. The Bertz CT molecular complexity index is 7080. The van der Waals surface area contributed by atoms with Crippen LogP contribution in [0.2, 0.25) is 0 Å². The van der Waals surface area contributed by atoms with Crippen LogP contribution in [-0.2, 0) is 28.8 Å². The second-order valence-corrected chi connectivity index (χ2v) is 30.1. The van der Waals surface area contributed by atoms with Crippen LogP contribution < -0.4 is 37.9 Å². The van der Waals surface area contributed by atoms with Crippen molar-refractivity contribution in [2.24, 2.45) is 0 Å². The highest BCUT2D eigenvalue weighted by Gasteiger charge is 2.23. The van der Waals surface area contributed by atoms with Gasteiger partial charge in [-0.15, -0.1) is 0 Å². The van der Waals surface area contributed by atoms with Gasteiger partial charge in [-0.25, -0.2) is 89.8 Å². The number of hydrogen-bond acceptors (Lipinski definition) is 21. The molecule has 0 fully saturated rings. The Morgan fingerprint density at radius 3 is 0.674 bits per heavy atom. The average molecular weight is 2010 g/mol. The van der Waals surface area contributed by atoms with Crippen LogP contribution in [0, 0.1) is 87.3 Å². The van der Waals surface area contributed by atoms with E-state index in [-0.39, 0.29) is 91.6 Å². The summed E-state index contributed by atoms with van der Waals surface area (Å²) in [5.74, 6) is -31.8. The van der Waals surface area contributed by atoms with Crippen molar-refractivity contribution in [2.75, 3.05) is 0 Å². The zero-order chi connectivity index (χ0) is 103. The van der Waals surface area contributed by atoms with E-state index in [9.17, 15) is 124 Å². The van der Waals surface area contributed by atoms with Gasteiger partial charge in [0.25, 0.3) is 0 Å². The van der Waals surface area contributed by atoms with Crippen LogP contribution >= 0.6 is 0 Å². The molecule has 0 aromatic heterocycles. The lowest BCUT2D eigenvalue weighted by Crippen LogP contribution is -2.10. The number of ether oxygens (including phenoxy) is 8. The minimum atomic E-state index is -1.68. The van der Waals surface area contributed by atoms with Crippen LogP contribution in [0.1, 0.15) is 145 Å². The molecule has 15 aromatic rings. The van der Waals surface area contributed by atoms with Gasteiger partial charge in [-0.1, -0.05) is 88.4 Å². The molecule has 0 saturated heterocycles. The van der Waals surface area contributed by atoms with Gasteiger partial charge in [0.1, 0.15) is 57.5 Å². The molecule has 0 unspecified atom stereocenters. The average Bonchev–Trinajstić information content (AvgIpc) is 0.815. The molecule has 15 rings (SSSR count). The largest absolute Gasteiger partial charge is 0.508 e. The van der Waals surface area contributed by atoms with Crippen molar-refractivity contribution in [3.05, 3.63) is 358 Å². The number of carboxylic acids is 3. The fourth-order valence-corrected chi connectivity index (χ4v) is 12.7. The monoisotopic (exact) mass is 2010 g/mol. The zero-order valence-corrected chi connectivity index (χ0v) is 73.3. The van der Waals surface area contributed by atoms with E-state index in [0.717, 1.165) is 10.8 Å². The number of aromatic hydroxyl groups is 2.